The van der Waals surface area contributed by atoms with Crippen molar-refractivity contribution in [1.82, 2.24) is 5.32 Å². The zero-order chi connectivity index (χ0) is 15.4. The third-order valence-electron chi connectivity index (χ3n) is 4.56. The van der Waals surface area contributed by atoms with Gasteiger partial charge in [0.05, 0.1) is 15.1 Å². The van der Waals surface area contributed by atoms with Gasteiger partial charge in [0.1, 0.15) is 0 Å². The first-order valence-corrected chi connectivity index (χ1v) is 9.05. The number of hydrogen-bond acceptors (Lipinski definition) is 1. The molecule has 0 heterocycles. The van der Waals surface area contributed by atoms with E-state index in [1.165, 1.54) is 38.5 Å². The van der Waals surface area contributed by atoms with Gasteiger partial charge in [-0.25, -0.2) is 0 Å². The van der Waals surface area contributed by atoms with Gasteiger partial charge in [-0.1, -0.05) is 60.6 Å². The third kappa shape index (κ3) is 4.51. The maximum Gasteiger partial charge on any atom is 0.0781 e. The second kappa shape index (κ2) is 8.06. The molecule has 2 rings (SSSR count). The lowest BCUT2D eigenvalue weighted by Gasteiger charge is -2.31. The Labute approximate surface area is 143 Å². The Morgan fingerprint density at radius 1 is 1.10 bits per heavy atom. The average Bonchev–Trinajstić information content (AvgIpc) is 2.47. The first-order chi connectivity index (χ1) is 10.0. The Hall–Kier alpha value is 0.0500. The number of hydrogen-bond donors (Lipinski definition) is 1. The minimum absolute atomic E-state index is 0.194. The fraction of sp³-hybridized carbons (Fsp3) is 0.647. The molecule has 1 unspecified atom stereocenters. The van der Waals surface area contributed by atoms with Crippen molar-refractivity contribution in [1.29, 1.82) is 0 Å². The zero-order valence-corrected chi connectivity index (χ0v) is 15.0. The maximum atomic E-state index is 6.32. The van der Waals surface area contributed by atoms with Crippen molar-refractivity contribution in [2.24, 2.45) is 5.92 Å². The summed E-state index contributed by atoms with van der Waals surface area (Å²) in [6.45, 7) is 4.42. The molecule has 0 spiro atoms. The highest BCUT2D eigenvalue weighted by molar-refractivity contribution is 6.48. The van der Waals surface area contributed by atoms with E-state index >= 15 is 0 Å². The van der Waals surface area contributed by atoms with Crippen LogP contribution in [0.3, 0.4) is 0 Å². The van der Waals surface area contributed by atoms with Crippen molar-refractivity contribution < 1.29 is 0 Å². The molecule has 0 saturated heterocycles. The highest BCUT2D eigenvalue weighted by Gasteiger charge is 2.23. The van der Waals surface area contributed by atoms with Crippen LogP contribution in [0.4, 0.5) is 0 Å². The van der Waals surface area contributed by atoms with Crippen LogP contribution < -0.4 is 5.32 Å². The minimum Gasteiger partial charge on any atom is -0.307 e. The molecule has 0 aromatic heterocycles. The monoisotopic (exact) mass is 347 g/mol. The van der Waals surface area contributed by atoms with Crippen LogP contribution in [0.5, 0.6) is 0 Å². The smallest absolute Gasteiger partial charge is 0.0781 e. The van der Waals surface area contributed by atoms with Gasteiger partial charge in [-0.3, -0.25) is 0 Å². The summed E-state index contributed by atoms with van der Waals surface area (Å²) in [6, 6.07) is 4.57. The predicted octanol–water partition coefficient (Wildman–Crippen LogP) is 6.66. The molecule has 1 aromatic carbocycles. The molecule has 21 heavy (non-hydrogen) atoms. The van der Waals surface area contributed by atoms with E-state index in [2.05, 4.69) is 19.2 Å². The van der Waals surface area contributed by atoms with Crippen LogP contribution in [-0.2, 0) is 0 Å². The Balaban J connectivity index is 1.93. The molecule has 0 amide bonds. The Bertz CT molecular complexity index is 467. The molecule has 0 aliphatic heterocycles. The lowest BCUT2D eigenvalue weighted by Crippen LogP contribution is -2.35. The van der Waals surface area contributed by atoms with Gasteiger partial charge in [0.2, 0.25) is 0 Å². The van der Waals surface area contributed by atoms with Crippen LogP contribution in [0, 0.1) is 5.92 Å². The second-order valence-corrected chi connectivity index (χ2v) is 7.32. The standard InChI is InChI=1S/C17H24Cl3N/c1-3-4-12-5-7-13(8-6-12)21-11(2)14-9-10-15(18)17(20)16(14)19/h9-13,21H,3-8H2,1-2H3. The van der Waals surface area contributed by atoms with Gasteiger partial charge in [0.15, 0.2) is 0 Å². The molecular formula is C17H24Cl3N. The highest BCUT2D eigenvalue weighted by atomic mass is 35.5. The summed E-state index contributed by atoms with van der Waals surface area (Å²) in [5, 5.41) is 5.24. The van der Waals surface area contributed by atoms with Crippen molar-refractivity contribution in [3.63, 3.8) is 0 Å². The van der Waals surface area contributed by atoms with Gasteiger partial charge in [-0.2, -0.15) is 0 Å². The third-order valence-corrected chi connectivity index (χ3v) is 5.87. The van der Waals surface area contributed by atoms with Crippen LogP contribution in [0.15, 0.2) is 12.1 Å². The molecule has 4 heteroatoms. The Kier molecular flexibility index (Phi) is 6.68. The van der Waals surface area contributed by atoms with E-state index in [-0.39, 0.29) is 6.04 Å². The molecule has 1 N–H and O–H groups in total. The van der Waals surface area contributed by atoms with Crippen molar-refractivity contribution in [3.8, 4) is 0 Å². The molecule has 1 aromatic rings. The zero-order valence-electron chi connectivity index (χ0n) is 12.8. The van der Waals surface area contributed by atoms with E-state index in [4.69, 9.17) is 34.8 Å². The lowest BCUT2D eigenvalue weighted by atomic mass is 9.83. The SMILES string of the molecule is CCCC1CCC(NC(C)c2ccc(Cl)c(Cl)c2Cl)CC1. The number of rotatable bonds is 5. The normalized spacial score (nSPS) is 24.0. The van der Waals surface area contributed by atoms with Crippen LogP contribution in [0.2, 0.25) is 15.1 Å². The van der Waals surface area contributed by atoms with E-state index in [1.54, 1.807) is 0 Å². The molecule has 0 bridgehead atoms. The van der Waals surface area contributed by atoms with Gasteiger partial charge in [-0.05, 0) is 50.2 Å². The van der Waals surface area contributed by atoms with Crippen LogP contribution in [-0.4, -0.2) is 6.04 Å². The van der Waals surface area contributed by atoms with E-state index in [0.29, 0.717) is 21.1 Å². The minimum atomic E-state index is 0.194. The van der Waals surface area contributed by atoms with E-state index in [9.17, 15) is 0 Å². The van der Waals surface area contributed by atoms with Crippen LogP contribution in [0.25, 0.3) is 0 Å². The van der Waals surface area contributed by atoms with Gasteiger partial charge < -0.3 is 5.32 Å². The predicted molar refractivity (Wildman–Crippen MR) is 93.7 cm³/mol. The van der Waals surface area contributed by atoms with E-state index < -0.39 is 0 Å². The summed E-state index contributed by atoms with van der Waals surface area (Å²) in [5.41, 5.74) is 1.03. The Morgan fingerprint density at radius 3 is 2.38 bits per heavy atom. The van der Waals surface area contributed by atoms with Gasteiger partial charge >= 0.3 is 0 Å². The fourth-order valence-corrected chi connectivity index (χ4v) is 4.05. The molecule has 1 aliphatic rings. The molecule has 1 saturated carbocycles. The second-order valence-electron chi connectivity index (χ2n) is 6.16. The van der Waals surface area contributed by atoms with Crippen LogP contribution >= 0.6 is 34.8 Å². The topological polar surface area (TPSA) is 12.0 Å². The summed E-state index contributed by atoms with van der Waals surface area (Å²) in [4.78, 5) is 0. The molecule has 1 atom stereocenters. The molecule has 0 radical (unpaired) electrons. The number of halogens is 3. The molecule has 1 aliphatic carbocycles. The first-order valence-electron chi connectivity index (χ1n) is 7.92. The summed E-state index contributed by atoms with van der Waals surface area (Å²) in [5.74, 6) is 0.928. The quantitative estimate of drug-likeness (QED) is 0.587. The van der Waals surface area contributed by atoms with Gasteiger partial charge in [0.25, 0.3) is 0 Å². The molecular weight excluding hydrogens is 325 g/mol. The van der Waals surface area contributed by atoms with E-state index in [1.807, 2.05) is 12.1 Å². The summed E-state index contributed by atoms with van der Waals surface area (Å²) in [6.07, 6.45) is 7.88. The first kappa shape index (κ1) is 17.4. The van der Waals surface area contributed by atoms with E-state index in [0.717, 1.165) is 11.5 Å². The average molecular weight is 349 g/mol. The summed E-state index contributed by atoms with van der Waals surface area (Å²) < 4.78 is 0. The largest absolute Gasteiger partial charge is 0.307 e. The summed E-state index contributed by atoms with van der Waals surface area (Å²) >= 11 is 18.4. The van der Waals surface area contributed by atoms with Crippen LogP contribution in [0.1, 0.15) is 64.0 Å². The fourth-order valence-electron chi connectivity index (χ4n) is 3.34. The lowest BCUT2D eigenvalue weighted by molar-refractivity contribution is 0.266. The van der Waals surface area contributed by atoms with Gasteiger partial charge in [0, 0.05) is 12.1 Å². The number of benzene rings is 1. The number of nitrogens with one attached hydrogen (secondary N) is 1. The molecule has 1 nitrogen and oxygen atoms in total. The van der Waals surface area contributed by atoms with Crippen molar-refractivity contribution >= 4 is 34.8 Å². The van der Waals surface area contributed by atoms with Crippen molar-refractivity contribution in [3.05, 3.63) is 32.8 Å². The maximum absolute atomic E-state index is 6.32. The molecule has 1 fully saturated rings. The molecule has 118 valence electrons. The van der Waals surface area contributed by atoms with Crippen molar-refractivity contribution in [2.45, 2.75) is 64.5 Å². The Morgan fingerprint density at radius 2 is 1.76 bits per heavy atom. The van der Waals surface area contributed by atoms with Gasteiger partial charge in [-0.15, -0.1) is 0 Å². The summed E-state index contributed by atoms with van der Waals surface area (Å²) in [7, 11) is 0. The highest BCUT2D eigenvalue weighted by Crippen LogP contribution is 2.36. The van der Waals surface area contributed by atoms with Crippen molar-refractivity contribution in [2.75, 3.05) is 0 Å².